The van der Waals surface area contributed by atoms with E-state index in [1.807, 2.05) is 36.9 Å². The highest BCUT2D eigenvalue weighted by Gasteiger charge is 2.08. The Labute approximate surface area is 119 Å². The van der Waals surface area contributed by atoms with Crippen molar-refractivity contribution in [2.45, 2.75) is 12.1 Å². The smallest absolute Gasteiger partial charge is 0.169 e. The van der Waals surface area contributed by atoms with Crippen LogP contribution in [0.3, 0.4) is 0 Å². The van der Waals surface area contributed by atoms with Gasteiger partial charge >= 0.3 is 0 Å². The fourth-order valence-electron chi connectivity index (χ4n) is 1.47. The number of imidazole rings is 1. The van der Waals surface area contributed by atoms with Gasteiger partial charge in [0.2, 0.25) is 0 Å². The number of rotatable bonds is 3. The first kappa shape index (κ1) is 13.3. The predicted molar refractivity (Wildman–Crippen MR) is 78.4 cm³/mol. The number of aromatic nitrogens is 4. The zero-order chi connectivity index (χ0) is 13.1. The molecule has 2 rings (SSSR count). The van der Waals surface area contributed by atoms with Gasteiger partial charge in [-0.1, -0.05) is 11.8 Å². The maximum absolute atomic E-state index is 4.41. The van der Waals surface area contributed by atoms with Gasteiger partial charge in [0.1, 0.15) is 4.60 Å². The summed E-state index contributed by atoms with van der Waals surface area (Å²) in [5.41, 5.74) is 2.76. The third kappa shape index (κ3) is 2.81. The van der Waals surface area contributed by atoms with E-state index in [4.69, 9.17) is 0 Å². The van der Waals surface area contributed by atoms with E-state index in [0.717, 1.165) is 26.8 Å². The summed E-state index contributed by atoms with van der Waals surface area (Å²) in [5.74, 6) is 0. The first-order chi connectivity index (χ1) is 8.61. The molecule has 0 saturated carbocycles. The van der Waals surface area contributed by atoms with Gasteiger partial charge < -0.3 is 4.57 Å². The van der Waals surface area contributed by atoms with Crippen molar-refractivity contribution in [3.05, 3.63) is 34.1 Å². The highest BCUT2D eigenvalue weighted by atomic mass is 79.9. The summed E-state index contributed by atoms with van der Waals surface area (Å²) in [7, 11) is 1.99. The van der Waals surface area contributed by atoms with Crippen molar-refractivity contribution >= 4 is 39.8 Å². The van der Waals surface area contributed by atoms with E-state index in [1.165, 1.54) is 0 Å². The molecular weight excluding hydrogens is 312 g/mol. The minimum Gasteiger partial charge on any atom is -0.322 e. The fraction of sp³-hybridized carbons (Fsp3) is 0.250. The molecule has 2 aromatic rings. The third-order valence-corrected chi connectivity index (χ3v) is 3.76. The molecule has 0 unspecified atom stereocenters. The number of aryl methyl sites for hydroxylation is 1. The summed E-state index contributed by atoms with van der Waals surface area (Å²) < 4.78 is 2.87. The van der Waals surface area contributed by atoms with Crippen LogP contribution in [-0.2, 0) is 7.05 Å². The van der Waals surface area contributed by atoms with Crippen molar-refractivity contribution in [3.63, 3.8) is 0 Å². The minimum absolute atomic E-state index is 0.833. The van der Waals surface area contributed by atoms with Crippen LogP contribution in [0.15, 0.2) is 22.2 Å². The molecule has 0 spiro atoms. The predicted octanol–water partition coefficient (Wildman–Crippen LogP) is 3.17. The Hall–Kier alpha value is -1.14. The maximum Gasteiger partial charge on any atom is 0.169 e. The molecule has 0 atom stereocenters. The molecule has 0 fully saturated rings. The van der Waals surface area contributed by atoms with Gasteiger partial charge in [-0.05, 0) is 41.3 Å². The molecule has 2 aromatic heterocycles. The number of hydrogen-bond acceptors (Lipinski definition) is 4. The zero-order valence-electron chi connectivity index (χ0n) is 10.4. The van der Waals surface area contributed by atoms with Crippen LogP contribution >= 0.6 is 27.7 Å². The van der Waals surface area contributed by atoms with Crippen LogP contribution < -0.4 is 0 Å². The molecule has 6 heteroatoms. The molecule has 0 saturated heterocycles. The van der Waals surface area contributed by atoms with Gasteiger partial charge in [0.05, 0.1) is 23.3 Å². The number of thioether (sulfide) groups is 1. The van der Waals surface area contributed by atoms with E-state index in [2.05, 4.69) is 30.9 Å². The Kier molecular flexibility index (Phi) is 4.19. The lowest BCUT2D eigenvalue weighted by Gasteiger charge is -1.99. The van der Waals surface area contributed by atoms with Gasteiger partial charge in [-0.15, -0.1) is 0 Å². The van der Waals surface area contributed by atoms with Crippen LogP contribution in [0.25, 0.3) is 12.2 Å². The van der Waals surface area contributed by atoms with Crippen molar-refractivity contribution in [2.75, 3.05) is 6.26 Å². The van der Waals surface area contributed by atoms with Gasteiger partial charge in [0.15, 0.2) is 5.16 Å². The van der Waals surface area contributed by atoms with Crippen LogP contribution in [0.4, 0.5) is 0 Å². The van der Waals surface area contributed by atoms with Crippen LogP contribution in [-0.4, -0.2) is 25.8 Å². The summed E-state index contributed by atoms with van der Waals surface area (Å²) >= 11 is 5.08. The Morgan fingerprint density at radius 1 is 1.28 bits per heavy atom. The van der Waals surface area contributed by atoms with Gasteiger partial charge in [-0.25, -0.2) is 4.98 Å². The van der Waals surface area contributed by atoms with Crippen LogP contribution in [0.2, 0.25) is 0 Å². The van der Waals surface area contributed by atoms with E-state index in [-0.39, 0.29) is 0 Å². The first-order valence-corrected chi connectivity index (χ1v) is 7.36. The Bertz CT molecular complexity index is 575. The molecule has 0 aliphatic carbocycles. The lowest BCUT2D eigenvalue weighted by Crippen LogP contribution is -1.93. The van der Waals surface area contributed by atoms with Crippen molar-refractivity contribution in [1.82, 2.24) is 19.5 Å². The Morgan fingerprint density at radius 2 is 2.06 bits per heavy atom. The van der Waals surface area contributed by atoms with Gasteiger partial charge in [0, 0.05) is 13.2 Å². The van der Waals surface area contributed by atoms with E-state index < -0.39 is 0 Å². The summed E-state index contributed by atoms with van der Waals surface area (Å²) in [4.78, 5) is 12.9. The molecule has 0 aliphatic rings. The fourth-order valence-corrected chi connectivity index (χ4v) is 2.71. The van der Waals surface area contributed by atoms with Crippen LogP contribution in [0.5, 0.6) is 0 Å². The number of nitrogens with zero attached hydrogens (tertiary/aromatic N) is 4. The van der Waals surface area contributed by atoms with Crippen molar-refractivity contribution in [1.29, 1.82) is 0 Å². The molecule has 0 radical (unpaired) electrons. The normalized spacial score (nSPS) is 11.3. The second kappa shape index (κ2) is 5.67. The molecule has 0 N–H and O–H groups in total. The van der Waals surface area contributed by atoms with E-state index in [1.54, 1.807) is 24.2 Å². The quantitative estimate of drug-likeness (QED) is 0.813. The number of halogens is 1. The van der Waals surface area contributed by atoms with Gasteiger partial charge in [-0.2, -0.15) is 0 Å². The second-order valence-corrected chi connectivity index (χ2v) is 5.27. The monoisotopic (exact) mass is 324 g/mol. The summed E-state index contributed by atoms with van der Waals surface area (Å²) in [6, 6.07) is 0. The lowest BCUT2D eigenvalue weighted by molar-refractivity contribution is 0.785. The largest absolute Gasteiger partial charge is 0.322 e. The van der Waals surface area contributed by atoms with E-state index in [0.29, 0.717) is 0 Å². The molecule has 18 heavy (non-hydrogen) atoms. The van der Waals surface area contributed by atoms with Gasteiger partial charge in [-0.3, -0.25) is 9.97 Å². The molecule has 0 aromatic carbocycles. The standard InChI is InChI=1S/C12H13BrN4S/c1-8-6-15-9(7-14-8)4-5-10-11(13)16-12(18-3)17(10)2/h4-7H,1-3H3/b5-4+. The van der Waals surface area contributed by atoms with Crippen molar-refractivity contribution in [2.24, 2.45) is 7.05 Å². The Balaban J connectivity index is 2.28. The van der Waals surface area contributed by atoms with Crippen LogP contribution in [0.1, 0.15) is 17.1 Å². The van der Waals surface area contributed by atoms with Crippen LogP contribution in [0, 0.1) is 6.92 Å². The molecule has 0 bridgehead atoms. The molecular formula is C12H13BrN4S. The third-order valence-electron chi connectivity index (χ3n) is 2.45. The zero-order valence-corrected chi connectivity index (χ0v) is 12.8. The average molecular weight is 325 g/mol. The SMILES string of the molecule is CSc1nc(Br)c(/C=C/c2cnc(C)cn2)n1C. The molecule has 4 nitrogen and oxygen atoms in total. The highest BCUT2D eigenvalue weighted by Crippen LogP contribution is 2.24. The number of hydrogen-bond donors (Lipinski definition) is 0. The first-order valence-electron chi connectivity index (χ1n) is 5.34. The lowest BCUT2D eigenvalue weighted by atomic mass is 10.3. The summed E-state index contributed by atoms with van der Waals surface area (Å²) in [6.45, 7) is 1.92. The maximum atomic E-state index is 4.41. The molecule has 94 valence electrons. The second-order valence-electron chi connectivity index (χ2n) is 3.75. The summed E-state index contributed by atoms with van der Waals surface area (Å²) in [6.07, 6.45) is 9.43. The van der Waals surface area contributed by atoms with Crippen molar-refractivity contribution < 1.29 is 0 Å². The van der Waals surface area contributed by atoms with E-state index in [9.17, 15) is 0 Å². The van der Waals surface area contributed by atoms with E-state index >= 15 is 0 Å². The van der Waals surface area contributed by atoms with Gasteiger partial charge in [0.25, 0.3) is 0 Å². The highest BCUT2D eigenvalue weighted by molar-refractivity contribution is 9.10. The molecule has 2 heterocycles. The average Bonchev–Trinajstić information content (AvgIpc) is 2.64. The summed E-state index contributed by atoms with van der Waals surface area (Å²) in [5, 5.41) is 0.969. The van der Waals surface area contributed by atoms with Crippen molar-refractivity contribution in [3.8, 4) is 0 Å². The minimum atomic E-state index is 0.833. The molecule has 0 aliphatic heterocycles. The topological polar surface area (TPSA) is 43.6 Å². The Morgan fingerprint density at radius 3 is 2.61 bits per heavy atom. The molecule has 0 amide bonds.